The van der Waals surface area contributed by atoms with E-state index in [4.69, 9.17) is 0 Å². The Morgan fingerprint density at radius 3 is 2.82 bits per heavy atom. The summed E-state index contributed by atoms with van der Waals surface area (Å²) in [4.78, 5) is 24.9. The fraction of sp³-hybridized carbons (Fsp3) is 0.333. The van der Waals surface area contributed by atoms with Crippen LogP contribution in [0.2, 0.25) is 0 Å². The Labute approximate surface area is 162 Å². The first kappa shape index (κ1) is 18.2. The second-order valence-corrected chi connectivity index (χ2v) is 7.03. The van der Waals surface area contributed by atoms with E-state index in [0.29, 0.717) is 17.8 Å². The topological polar surface area (TPSA) is 81.3 Å². The van der Waals surface area contributed by atoms with Crippen LogP contribution in [0.5, 0.6) is 0 Å². The molecule has 7 heteroatoms. The first-order chi connectivity index (χ1) is 13.7. The predicted molar refractivity (Wildman–Crippen MR) is 107 cm³/mol. The van der Waals surface area contributed by atoms with Crippen LogP contribution in [-0.2, 0) is 11.3 Å². The van der Waals surface area contributed by atoms with Gasteiger partial charge in [0.15, 0.2) is 0 Å². The van der Waals surface area contributed by atoms with Gasteiger partial charge < -0.3 is 5.32 Å². The van der Waals surface area contributed by atoms with Gasteiger partial charge in [-0.05, 0) is 38.2 Å². The van der Waals surface area contributed by atoms with Gasteiger partial charge in [0, 0.05) is 12.1 Å². The van der Waals surface area contributed by atoms with Crippen molar-refractivity contribution < 1.29 is 4.79 Å². The lowest BCUT2D eigenvalue weighted by Gasteiger charge is -2.13. The van der Waals surface area contributed by atoms with Crippen LogP contribution >= 0.6 is 0 Å². The highest BCUT2D eigenvalue weighted by molar-refractivity contribution is 5.75. The van der Waals surface area contributed by atoms with Gasteiger partial charge in [-0.1, -0.05) is 42.0 Å². The molecule has 1 amide bonds. The summed E-state index contributed by atoms with van der Waals surface area (Å²) in [6.07, 6.45) is 9.36. The molecule has 0 aliphatic heterocycles. The van der Waals surface area contributed by atoms with Crippen molar-refractivity contribution in [2.75, 3.05) is 6.54 Å². The van der Waals surface area contributed by atoms with Crippen LogP contribution in [0.4, 0.5) is 0 Å². The molecule has 4 rings (SSSR count). The smallest absolute Gasteiger partial charge is 0.293 e. The molecule has 0 unspecified atom stereocenters. The van der Waals surface area contributed by atoms with E-state index in [9.17, 15) is 9.59 Å². The average Bonchev–Trinajstić information content (AvgIpc) is 3.17. The summed E-state index contributed by atoms with van der Waals surface area (Å²) in [7, 11) is 0. The molecule has 2 heterocycles. The standard InChI is InChI=1S/C21H23N5O2/c27-20(22-12-11-16-7-3-1-4-8-16)14-25-21(28)19-13-18(24-26(19)15-23-25)17-9-5-2-6-10-17/h2,5-7,9-10,13,15H,1,3-4,8,11-12,14H2,(H,22,27). The lowest BCUT2D eigenvalue weighted by molar-refractivity contribution is -0.121. The molecule has 2 aromatic heterocycles. The molecule has 1 N–H and O–H groups in total. The van der Waals surface area contributed by atoms with Crippen LogP contribution in [0, 0.1) is 0 Å². The van der Waals surface area contributed by atoms with E-state index in [-0.39, 0.29) is 18.0 Å². The third-order valence-electron chi connectivity index (χ3n) is 5.01. The van der Waals surface area contributed by atoms with E-state index in [0.717, 1.165) is 24.8 Å². The summed E-state index contributed by atoms with van der Waals surface area (Å²) >= 11 is 0. The Morgan fingerprint density at radius 2 is 2.04 bits per heavy atom. The largest absolute Gasteiger partial charge is 0.354 e. The predicted octanol–water partition coefficient (Wildman–Crippen LogP) is 2.56. The number of nitrogens with one attached hydrogen (secondary N) is 1. The molecule has 3 aromatic rings. The number of benzene rings is 1. The Kier molecular flexibility index (Phi) is 5.32. The van der Waals surface area contributed by atoms with Crippen LogP contribution in [-0.4, -0.2) is 31.8 Å². The SMILES string of the molecule is O=C(Cn1ncn2nc(-c3ccccc3)cc2c1=O)NCCC1=CCCCC1. The fourth-order valence-corrected chi connectivity index (χ4v) is 3.49. The highest BCUT2D eigenvalue weighted by atomic mass is 16.2. The molecular weight excluding hydrogens is 354 g/mol. The minimum atomic E-state index is -0.331. The number of amides is 1. The van der Waals surface area contributed by atoms with Gasteiger partial charge in [-0.2, -0.15) is 10.2 Å². The van der Waals surface area contributed by atoms with Gasteiger partial charge in [-0.25, -0.2) is 9.20 Å². The maximum Gasteiger partial charge on any atom is 0.293 e. The Morgan fingerprint density at radius 1 is 1.18 bits per heavy atom. The lowest BCUT2D eigenvalue weighted by atomic mass is 9.97. The number of fused-ring (bicyclic) bond motifs is 1. The van der Waals surface area contributed by atoms with Crippen molar-refractivity contribution in [3.63, 3.8) is 0 Å². The van der Waals surface area contributed by atoms with E-state index in [2.05, 4.69) is 21.6 Å². The molecule has 7 nitrogen and oxygen atoms in total. The zero-order valence-corrected chi connectivity index (χ0v) is 15.7. The van der Waals surface area contributed by atoms with Gasteiger partial charge in [0.1, 0.15) is 18.4 Å². The van der Waals surface area contributed by atoms with Gasteiger partial charge in [0.2, 0.25) is 5.91 Å². The Balaban J connectivity index is 1.43. The van der Waals surface area contributed by atoms with Gasteiger partial charge >= 0.3 is 0 Å². The Bertz CT molecular complexity index is 1070. The second-order valence-electron chi connectivity index (χ2n) is 7.03. The number of carbonyl (C=O) groups excluding carboxylic acids is 1. The minimum Gasteiger partial charge on any atom is -0.354 e. The van der Waals surface area contributed by atoms with Crippen LogP contribution in [0.1, 0.15) is 32.1 Å². The molecule has 0 spiro atoms. The Hall–Kier alpha value is -3.22. The van der Waals surface area contributed by atoms with Crippen molar-refractivity contribution in [3.05, 3.63) is 64.7 Å². The number of rotatable bonds is 6. The molecule has 28 heavy (non-hydrogen) atoms. The number of carbonyl (C=O) groups is 1. The van der Waals surface area contributed by atoms with E-state index >= 15 is 0 Å². The molecule has 0 radical (unpaired) electrons. The summed E-state index contributed by atoms with van der Waals surface area (Å²) in [5.74, 6) is -0.210. The molecular formula is C21H23N5O2. The van der Waals surface area contributed by atoms with E-state index < -0.39 is 0 Å². The third kappa shape index (κ3) is 4.03. The van der Waals surface area contributed by atoms with Crippen molar-refractivity contribution in [3.8, 4) is 11.3 Å². The summed E-state index contributed by atoms with van der Waals surface area (Å²) in [5, 5.41) is 11.4. The van der Waals surface area contributed by atoms with Crippen molar-refractivity contribution in [1.82, 2.24) is 24.7 Å². The van der Waals surface area contributed by atoms with Crippen LogP contribution < -0.4 is 10.9 Å². The van der Waals surface area contributed by atoms with Crippen molar-refractivity contribution in [2.24, 2.45) is 0 Å². The van der Waals surface area contributed by atoms with E-state index in [1.165, 1.54) is 33.9 Å². The van der Waals surface area contributed by atoms with Crippen molar-refractivity contribution >= 4 is 11.4 Å². The first-order valence-electron chi connectivity index (χ1n) is 9.66. The number of aromatic nitrogens is 4. The maximum atomic E-state index is 12.7. The summed E-state index contributed by atoms with van der Waals surface area (Å²) in [6.45, 7) is 0.493. The number of hydrogen-bond acceptors (Lipinski definition) is 4. The minimum absolute atomic E-state index is 0.0970. The number of hydrogen-bond donors (Lipinski definition) is 1. The number of nitrogens with zero attached hydrogens (tertiary/aromatic N) is 4. The average molecular weight is 377 g/mol. The third-order valence-corrected chi connectivity index (χ3v) is 5.01. The summed E-state index contributed by atoms with van der Waals surface area (Å²) in [6, 6.07) is 11.4. The second kappa shape index (κ2) is 8.21. The quantitative estimate of drug-likeness (QED) is 0.670. The normalized spacial score (nSPS) is 14.1. The van der Waals surface area contributed by atoms with E-state index in [1.54, 1.807) is 6.07 Å². The van der Waals surface area contributed by atoms with Crippen LogP contribution in [0.15, 0.2) is 59.2 Å². The van der Waals surface area contributed by atoms with Crippen LogP contribution in [0.3, 0.4) is 0 Å². The highest BCUT2D eigenvalue weighted by Crippen LogP contribution is 2.19. The van der Waals surface area contributed by atoms with Gasteiger partial charge in [-0.15, -0.1) is 0 Å². The van der Waals surface area contributed by atoms with Gasteiger partial charge in [-0.3, -0.25) is 9.59 Å². The highest BCUT2D eigenvalue weighted by Gasteiger charge is 2.12. The van der Waals surface area contributed by atoms with E-state index in [1.807, 2.05) is 30.3 Å². The van der Waals surface area contributed by atoms with Crippen molar-refractivity contribution in [2.45, 2.75) is 38.6 Å². The molecule has 0 fully saturated rings. The fourth-order valence-electron chi connectivity index (χ4n) is 3.49. The zero-order valence-electron chi connectivity index (χ0n) is 15.7. The lowest BCUT2D eigenvalue weighted by Crippen LogP contribution is -2.34. The van der Waals surface area contributed by atoms with Crippen LogP contribution in [0.25, 0.3) is 16.8 Å². The monoisotopic (exact) mass is 377 g/mol. The maximum absolute atomic E-state index is 12.7. The molecule has 1 aromatic carbocycles. The molecule has 0 saturated heterocycles. The summed E-state index contributed by atoms with van der Waals surface area (Å²) < 4.78 is 2.63. The zero-order chi connectivity index (χ0) is 19.3. The molecule has 0 bridgehead atoms. The molecule has 1 aliphatic rings. The molecule has 0 atom stereocenters. The van der Waals surface area contributed by atoms with Crippen molar-refractivity contribution in [1.29, 1.82) is 0 Å². The molecule has 0 saturated carbocycles. The van der Waals surface area contributed by atoms with Gasteiger partial charge in [0.05, 0.1) is 5.69 Å². The summed E-state index contributed by atoms with van der Waals surface area (Å²) in [5.41, 5.74) is 3.10. The molecule has 1 aliphatic carbocycles. The first-order valence-corrected chi connectivity index (χ1v) is 9.66. The number of allylic oxidation sites excluding steroid dienone is 1. The van der Waals surface area contributed by atoms with Gasteiger partial charge in [0.25, 0.3) is 5.56 Å². The molecule has 144 valence electrons.